The third-order valence-corrected chi connectivity index (χ3v) is 4.48. The van der Waals surface area contributed by atoms with Crippen LogP contribution in [0.2, 0.25) is 0 Å². The Balaban J connectivity index is 2.19. The molecular formula is C11H13BrN2O2S. The molecule has 0 unspecified atom stereocenters. The van der Waals surface area contributed by atoms with Gasteiger partial charge in [0.05, 0.1) is 5.56 Å². The zero-order valence-electron chi connectivity index (χ0n) is 9.19. The van der Waals surface area contributed by atoms with Gasteiger partial charge in [-0.1, -0.05) is 15.9 Å². The molecule has 1 amide bonds. The molecule has 0 radical (unpaired) electrons. The lowest BCUT2D eigenvalue weighted by Crippen LogP contribution is -2.42. The summed E-state index contributed by atoms with van der Waals surface area (Å²) in [5, 5.41) is 0. The number of carbonyl (C=O) groups excluding carboxylic acids is 1. The number of benzene rings is 1. The van der Waals surface area contributed by atoms with E-state index in [0.29, 0.717) is 35.8 Å². The van der Waals surface area contributed by atoms with E-state index in [1.165, 1.54) is 0 Å². The number of amides is 1. The molecule has 0 atom stereocenters. The van der Waals surface area contributed by atoms with Crippen molar-refractivity contribution in [3.8, 4) is 0 Å². The molecule has 1 aromatic rings. The maximum absolute atomic E-state index is 12.2. The van der Waals surface area contributed by atoms with Crippen LogP contribution in [0.3, 0.4) is 0 Å². The number of carbonyl (C=O) groups is 1. The Morgan fingerprint density at radius 3 is 2.65 bits per heavy atom. The molecule has 4 nitrogen and oxygen atoms in total. The summed E-state index contributed by atoms with van der Waals surface area (Å²) >= 11 is 3.32. The third kappa shape index (κ3) is 2.87. The van der Waals surface area contributed by atoms with Crippen LogP contribution in [0.25, 0.3) is 0 Å². The summed E-state index contributed by atoms with van der Waals surface area (Å²) in [6, 6.07) is 5.24. The van der Waals surface area contributed by atoms with Gasteiger partial charge in [0.2, 0.25) is 0 Å². The molecule has 1 saturated heterocycles. The van der Waals surface area contributed by atoms with E-state index < -0.39 is 10.8 Å². The predicted molar refractivity (Wildman–Crippen MR) is 72.3 cm³/mol. The van der Waals surface area contributed by atoms with Crippen molar-refractivity contribution in [2.24, 2.45) is 0 Å². The predicted octanol–water partition coefficient (Wildman–Crippen LogP) is 1.24. The molecule has 6 heteroatoms. The van der Waals surface area contributed by atoms with Crippen molar-refractivity contribution in [3.05, 3.63) is 28.2 Å². The van der Waals surface area contributed by atoms with Crippen molar-refractivity contribution in [2.45, 2.75) is 0 Å². The fraction of sp³-hybridized carbons (Fsp3) is 0.364. The molecule has 0 bridgehead atoms. The minimum Gasteiger partial charge on any atom is -0.398 e. The van der Waals surface area contributed by atoms with Gasteiger partial charge in [0.25, 0.3) is 5.91 Å². The van der Waals surface area contributed by atoms with Crippen LogP contribution >= 0.6 is 15.9 Å². The number of nitrogens with two attached hydrogens (primary N) is 1. The summed E-state index contributed by atoms with van der Waals surface area (Å²) in [4.78, 5) is 13.9. The lowest BCUT2D eigenvalue weighted by atomic mass is 10.1. The molecular weight excluding hydrogens is 304 g/mol. The van der Waals surface area contributed by atoms with E-state index in [-0.39, 0.29) is 5.91 Å². The summed E-state index contributed by atoms with van der Waals surface area (Å²) in [5.41, 5.74) is 6.78. The zero-order chi connectivity index (χ0) is 12.4. The summed E-state index contributed by atoms with van der Waals surface area (Å²) in [6.07, 6.45) is 0. The number of nitrogens with zero attached hydrogens (tertiary/aromatic N) is 1. The first-order valence-corrected chi connectivity index (χ1v) is 7.55. The summed E-state index contributed by atoms with van der Waals surface area (Å²) in [5.74, 6) is 1.03. The number of hydrogen-bond acceptors (Lipinski definition) is 3. The lowest BCUT2D eigenvalue weighted by Gasteiger charge is -2.26. The van der Waals surface area contributed by atoms with Gasteiger partial charge in [-0.05, 0) is 18.2 Å². The largest absolute Gasteiger partial charge is 0.398 e. The van der Waals surface area contributed by atoms with Crippen molar-refractivity contribution >= 4 is 38.3 Å². The smallest absolute Gasteiger partial charge is 0.256 e. The van der Waals surface area contributed by atoms with Gasteiger partial charge in [-0.25, -0.2) is 0 Å². The van der Waals surface area contributed by atoms with Crippen molar-refractivity contribution in [1.29, 1.82) is 0 Å². The molecule has 1 aliphatic heterocycles. The standard InChI is InChI=1S/C11H13BrN2O2S/c12-8-1-2-10(13)9(7-8)11(15)14-3-5-17(16)6-4-14/h1-2,7H,3-6,13H2. The number of rotatable bonds is 1. The average molecular weight is 317 g/mol. The van der Waals surface area contributed by atoms with Gasteiger partial charge in [0.15, 0.2) is 0 Å². The zero-order valence-corrected chi connectivity index (χ0v) is 11.6. The van der Waals surface area contributed by atoms with Crippen LogP contribution in [0.4, 0.5) is 5.69 Å². The van der Waals surface area contributed by atoms with Crippen LogP contribution in [-0.4, -0.2) is 39.6 Å². The first-order valence-electron chi connectivity index (χ1n) is 5.27. The highest BCUT2D eigenvalue weighted by Crippen LogP contribution is 2.20. The highest BCUT2D eigenvalue weighted by Gasteiger charge is 2.22. The highest BCUT2D eigenvalue weighted by molar-refractivity contribution is 9.10. The maximum atomic E-state index is 12.2. The Morgan fingerprint density at radius 2 is 2.00 bits per heavy atom. The molecule has 0 spiro atoms. The molecule has 0 aromatic heterocycles. The molecule has 0 aliphatic carbocycles. The van der Waals surface area contributed by atoms with Crippen LogP contribution in [-0.2, 0) is 10.8 Å². The minimum atomic E-state index is -0.778. The van der Waals surface area contributed by atoms with Crippen LogP contribution in [0.15, 0.2) is 22.7 Å². The third-order valence-electron chi connectivity index (χ3n) is 2.71. The van der Waals surface area contributed by atoms with Gasteiger partial charge in [0, 0.05) is 45.6 Å². The lowest BCUT2D eigenvalue weighted by molar-refractivity contribution is 0.0772. The first kappa shape index (κ1) is 12.6. The van der Waals surface area contributed by atoms with Gasteiger partial charge in [-0.15, -0.1) is 0 Å². The second kappa shape index (κ2) is 5.18. The monoisotopic (exact) mass is 316 g/mol. The van der Waals surface area contributed by atoms with E-state index in [9.17, 15) is 9.00 Å². The molecule has 1 aliphatic rings. The molecule has 1 aromatic carbocycles. The van der Waals surface area contributed by atoms with Gasteiger partial charge in [-0.3, -0.25) is 9.00 Å². The normalized spacial score (nSPS) is 17.1. The molecule has 92 valence electrons. The fourth-order valence-electron chi connectivity index (χ4n) is 1.73. The van der Waals surface area contributed by atoms with E-state index in [2.05, 4.69) is 15.9 Å². The number of halogens is 1. The molecule has 2 rings (SSSR count). The van der Waals surface area contributed by atoms with E-state index in [4.69, 9.17) is 5.73 Å². The van der Waals surface area contributed by atoms with Gasteiger partial charge >= 0.3 is 0 Å². The van der Waals surface area contributed by atoms with E-state index >= 15 is 0 Å². The number of nitrogen functional groups attached to an aromatic ring is 1. The van der Waals surface area contributed by atoms with Crippen molar-refractivity contribution in [2.75, 3.05) is 30.3 Å². The van der Waals surface area contributed by atoms with E-state index in [0.717, 1.165) is 4.47 Å². The number of hydrogen-bond donors (Lipinski definition) is 1. The van der Waals surface area contributed by atoms with Crippen LogP contribution < -0.4 is 5.73 Å². The van der Waals surface area contributed by atoms with Gasteiger partial charge < -0.3 is 10.6 Å². The quantitative estimate of drug-likeness (QED) is 0.793. The second-order valence-corrected chi connectivity index (χ2v) is 6.48. The van der Waals surface area contributed by atoms with E-state index in [1.54, 1.807) is 23.1 Å². The Hall–Kier alpha value is -0.880. The average Bonchev–Trinajstić information content (AvgIpc) is 2.32. The second-order valence-electron chi connectivity index (χ2n) is 3.87. The Bertz CT molecular complexity index is 469. The first-order chi connectivity index (χ1) is 8.08. The topological polar surface area (TPSA) is 63.4 Å². The molecule has 2 N–H and O–H groups in total. The van der Waals surface area contributed by atoms with Crippen molar-refractivity contribution in [1.82, 2.24) is 4.90 Å². The molecule has 17 heavy (non-hydrogen) atoms. The Kier molecular flexibility index (Phi) is 3.83. The molecule has 0 saturated carbocycles. The Labute approximate surface area is 111 Å². The van der Waals surface area contributed by atoms with Crippen molar-refractivity contribution < 1.29 is 9.00 Å². The van der Waals surface area contributed by atoms with Crippen molar-refractivity contribution in [3.63, 3.8) is 0 Å². The van der Waals surface area contributed by atoms with Gasteiger partial charge in [-0.2, -0.15) is 0 Å². The van der Waals surface area contributed by atoms with Gasteiger partial charge in [0.1, 0.15) is 0 Å². The summed E-state index contributed by atoms with van der Waals surface area (Å²) in [7, 11) is -0.778. The van der Waals surface area contributed by atoms with E-state index in [1.807, 2.05) is 0 Å². The van der Waals surface area contributed by atoms with Crippen LogP contribution in [0, 0.1) is 0 Å². The fourth-order valence-corrected chi connectivity index (χ4v) is 3.14. The summed E-state index contributed by atoms with van der Waals surface area (Å²) in [6.45, 7) is 1.08. The summed E-state index contributed by atoms with van der Waals surface area (Å²) < 4.78 is 12.1. The Morgan fingerprint density at radius 1 is 1.35 bits per heavy atom. The maximum Gasteiger partial charge on any atom is 0.256 e. The SMILES string of the molecule is Nc1ccc(Br)cc1C(=O)N1CCS(=O)CC1. The highest BCUT2D eigenvalue weighted by atomic mass is 79.9. The van der Waals surface area contributed by atoms with Crippen LogP contribution in [0.1, 0.15) is 10.4 Å². The van der Waals surface area contributed by atoms with Crippen LogP contribution in [0.5, 0.6) is 0 Å². The molecule has 1 heterocycles. The minimum absolute atomic E-state index is 0.0829. The molecule has 1 fully saturated rings. The number of anilines is 1.